The van der Waals surface area contributed by atoms with E-state index in [1.807, 2.05) is 0 Å². The van der Waals surface area contributed by atoms with Gasteiger partial charge in [0.05, 0.1) is 0 Å². The Labute approximate surface area is 189 Å². The Morgan fingerprint density at radius 3 is 2.43 bits per heavy atom. The summed E-state index contributed by atoms with van der Waals surface area (Å²) in [5.74, 6) is 1.10. The van der Waals surface area contributed by atoms with Crippen molar-refractivity contribution in [3.63, 3.8) is 0 Å². The zero-order valence-corrected chi connectivity index (χ0v) is 20.5. The highest BCUT2D eigenvalue weighted by atomic mass is 127. The highest BCUT2D eigenvalue weighted by Gasteiger charge is 2.22. The van der Waals surface area contributed by atoms with Crippen LogP contribution in [0.25, 0.3) is 0 Å². The quantitative estimate of drug-likeness (QED) is 0.229. The van der Waals surface area contributed by atoms with Crippen LogP contribution in [-0.2, 0) is 4.79 Å². The molecule has 7 heteroatoms. The van der Waals surface area contributed by atoms with E-state index in [1.54, 1.807) is 0 Å². The maximum absolute atomic E-state index is 12.4. The van der Waals surface area contributed by atoms with Crippen molar-refractivity contribution in [2.24, 2.45) is 4.99 Å². The van der Waals surface area contributed by atoms with Gasteiger partial charge in [-0.3, -0.25) is 9.79 Å². The van der Waals surface area contributed by atoms with Gasteiger partial charge in [0.2, 0.25) is 5.91 Å². The fourth-order valence-electron chi connectivity index (χ4n) is 4.20. The summed E-state index contributed by atoms with van der Waals surface area (Å²) in [5, 5.41) is 6.62. The molecule has 0 radical (unpaired) electrons. The monoisotopic (exact) mass is 507 g/mol. The second-order valence-electron chi connectivity index (χ2n) is 8.10. The number of nitrogens with one attached hydrogen (secondary N) is 2. The molecule has 164 valence electrons. The van der Waals surface area contributed by atoms with Crippen LogP contribution in [0, 0.1) is 0 Å². The molecule has 0 bridgehead atoms. The fraction of sp³-hybridized carbons (Fsp3) is 0.905. The molecule has 6 nitrogen and oxygen atoms in total. The lowest BCUT2D eigenvalue weighted by molar-refractivity contribution is -0.134. The van der Waals surface area contributed by atoms with E-state index in [1.165, 1.54) is 32.2 Å². The Bertz CT molecular complexity index is 474. The first kappa shape index (κ1) is 25.5. The molecule has 0 aliphatic carbocycles. The number of amides is 1. The van der Waals surface area contributed by atoms with E-state index in [-0.39, 0.29) is 29.9 Å². The zero-order chi connectivity index (χ0) is 19.5. The Morgan fingerprint density at radius 2 is 1.75 bits per heavy atom. The number of carbonyl (C=O) groups excluding carboxylic acids is 1. The number of guanidine groups is 1. The van der Waals surface area contributed by atoms with Gasteiger partial charge in [0.25, 0.3) is 0 Å². The van der Waals surface area contributed by atoms with Crippen molar-refractivity contribution in [1.29, 1.82) is 0 Å². The molecule has 0 saturated carbocycles. The maximum atomic E-state index is 12.4. The normalized spacial score (nSPS) is 23.8. The van der Waals surface area contributed by atoms with E-state index in [2.05, 4.69) is 41.2 Å². The van der Waals surface area contributed by atoms with Crippen LogP contribution >= 0.6 is 24.0 Å². The lowest BCUT2D eigenvalue weighted by Gasteiger charge is -2.33. The predicted octanol–water partition coefficient (Wildman–Crippen LogP) is 3.22. The summed E-state index contributed by atoms with van der Waals surface area (Å²) >= 11 is 0. The van der Waals surface area contributed by atoms with Gasteiger partial charge in [-0.2, -0.15) is 0 Å². The molecule has 2 N–H and O–H groups in total. The number of rotatable bonds is 8. The summed E-state index contributed by atoms with van der Waals surface area (Å²) in [4.78, 5) is 21.8. The van der Waals surface area contributed by atoms with Crippen molar-refractivity contribution in [3.8, 4) is 0 Å². The molecule has 2 aliphatic rings. The third-order valence-corrected chi connectivity index (χ3v) is 5.91. The molecule has 2 fully saturated rings. The van der Waals surface area contributed by atoms with Gasteiger partial charge in [-0.1, -0.05) is 6.42 Å². The van der Waals surface area contributed by atoms with E-state index in [4.69, 9.17) is 4.99 Å². The van der Waals surface area contributed by atoms with Crippen molar-refractivity contribution in [2.75, 3.05) is 39.3 Å². The summed E-state index contributed by atoms with van der Waals surface area (Å²) in [6.45, 7) is 12.2. The fourth-order valence-corrected chi connectivity index (χ4v) is 4.20. The van der Waals surface area contributed by atoms with Gasteiger partial charge in [-0.25, -0.2) is 0 Å². The molecule has 2 atom stereocenters. The standard InChI is InChI=1S/C21H41N5O.HI/c1-4-22-21(23-13-9-16-25-15-7-5-10-18(25)2)24-14-12-20(27)26-17-8-6-11-19(26)3;/h18-19H,4-17H2,1-3H3,(H2,22,23,24);1H. The molecule has 0 spiro atoms. The molecule has 0 aromatic rings. The average Bonchev–Trinajstić information content (AvgIpc) is 2.66. The SMILES string of the molecule is CCNC(=NCCCN1CCCCC1C)NCCC(=O)N1CCCCC1C.I. The molecular weight excluding hydrogens is 465 g/mol. The highest BCUT2D eigenvalue weighted by Crippen LogP contribution is 2.17. The largest absolute Gasteiger partial charge is 0.357 e. The van der Waals surface area contributed by atoms with Gasteiger partial charge < -0.3 is 20.4 Å². The molecule has 0 aromatic carbocycles. The number of halogens is 1. The number of aliphatic imine (C=N–C) groups is 1. The number of nitrogens with zero attached hydrogens (tertiary/aromatic N) is 3. The summed E-state index contributed by atoms with van der Waals surface area (Å²) in [7, 11) is 0. The second-order valence-corrected chi connectivity index (χ2v) is 8.10. The second kappa shape index (κ2) is 14.4. The van der Waals surface area contributed by atoms with Crippen molar-refractivity contribution in [3.05, 3.63) is 0 Å². The van der Waals surface area contributed by atoms with Crippen molar-refractivity contribution < 1.29 is 4.79 Å². The summed E-state index contributed by atoms with van der Waals surface area (Å²) in [6.07, 6.45) is 9.20. The molecule has 28 heavy (non-hydrogen) atoms. The van der Waals surface area contributed by atoms with Crippen molar-refractivity contribution in [1.82, 2.24) is 20.4 Å². The third kappa shape index (κ3) is 8.84. The Morgan fingerprint density at radius 1 is 1.04 bits per heavy atom. The van der Waals surface area contributed by atoms with Gasteiger partial charge in [-0.15, -0.1) is 24.0 Å². The van der Waals surface area contributed by atoms with Crippen LogP contribution in [0.15, 0.2) is 4.99 Å². The third-order valence-electron chi connectivity index (χ3n) is 5.91. The van der Waals surface area contributed by atoms with E-state index in [0.29, 0.717) is 19.0 Å². The minimum atomic E-state index is 0. The summed E-state index contributed by atoms with van der Waals surface area (Å²) < 4.78 is 0. The summed E-state index contributed by atoms with van der Waals surface area (Å²) in [6, 6.07) is 1.11. The molecule has 1 amide bonds. The highest BCUT2D eigenvalue weighted by molar-refractivity contribution is 14.0. The molecule has 0 aromatic heterocycles. The molecular formula is C21H42IN5O. The first-order chi connectivity index (χ1) is 13.1. The maximum Gasteiger partial charge on any atom is 0.224 e. The first-order valence-corrected chi connectivity index (χ1v) is 11.2. The van der Waals surface area contributed by atoms with Gasteiger partial charge in [-0.05, 0) is 65.8 Å². The molecule has 2 rings (SSSR count). The van der Waals surface area contributed by atoms with E-state index in [9.17, 15) is 4.79 Å². The predicted molar refractivity (Wildman–Crippen MR) is 129 cm³/mol. The number of carbonyl (C=O) groups is 1. The van der Waals surface area contributed by atoms with E-state index < -0.39 is 0 Å². The Kier molecular flexibility index (Phi) is 13.1. The minimum absolute atomic E-state index is 0. The van der Waals surface area contributed by atoms with E-state index >= 15 is 0 Å². The molecule has 2 heterocycles. The topological polar surface area (TPSA) is 60.0 Å². The molecule has 2 unspecified atom stereocenters. The van der Waals surface area contributed by atoms with E-state index in [0.717, 1.165) is 57.4 Å². The van der Waals surface area contributed by atoms with Crippen molar-refractivity contribution in [2.45, 2.75) is 84.2 Å². The Balaban J connectivity index is 0.00000392. The van der Waals surface area contributed by atoms with Crippen molar-refractivity contribution >= 4 is 35.8 Å². The number of piperidine rings is 2. The van der Waals surface area contributed by atoms with Crippen LogP contribution in [0.3, 0.4) is 0 Å². The average molecular weight is 508 g/mol. The first-order valence-electron chi connectivity index (χ1n) is 11.2. The number of likely N-dealkylation sites (tertiary alicyclic amines) is 2. The van der Waals surface area contributed by atoms with Gasteiger partial charge >= 0.3 is 0 Å². The van der Waals surface area contributed by atoms with Crippen LogP contribution in [-0.4, -0.2) is 73.0 Å². The zero-order valence-electron chi connectivity index (χ0n) is 18.2. The van der Waals surface area contributed by atoms with Crippen LogP contribution in [0.1, 0.15) is 72.1 Å². The number of hydrogen-bond donors (Lipinski definition) is 2. The number of hydrogen-bond acceptors (Lipinski definition) is 3. The smallest absolute Gasteiger partial charge is 0.224 e. The van der Waals surface area contributed by atoms with Gasteiger partial charge in [0, 0.05) is 51.2 Å². The minimum Gasteiger partial charge on any atom is -0.357 e. The lowest BCUT2D eigenvalue weighted by atomic mass is 10.0. The van der Waals surface area contributed by atoms with Gasteiger partial charge in [0.15, 0.2) is 5.96 Å². The van der Waals surface area contributed by atoms with Crippen LogP contribution in [0.2, 0.25) is 0 Å². The van der Waals surface area contributed by atoms with Crippen LogP contribution in [0.4, 0.5) is 0 Å². The van der Waals surface area contributed by atoms with Gasteiger partial charge in [0.1, 0.15) is 0 Å². The summed E-state index contributed by atoms with van der Waals surface area (Å²) in [5.41, 5.74) is 0. The van der Waals surface area contributed by atoms with Crippen LogP contribution < -0.4 is 10.6 Å². The lowest BCUT2D eigenvalue weighted by Crippen LogP contribution is -2.44. The molecule has 2 aliphatic heterocycles. The Hall–Kier alpha value is -0.570. The van der Waals surface area contributed by atoms with Crippen LogP contribution in [0.5, 0.6) is 0 Å². The molecule has 2 saturated heterocycles.